The molecule has 3 rings (SSSR count). The predicted molar refractivity (Wildman–Crippen MR) is 74.3 cm³/mol. The van der Waals surface area contributed by atoms with Gasteiger partial charge in [0.15, 0.2) is 0 Å². The minimum Gasteiger partial charge on any atom is -0.319 e. The van der Waals surface area contributed by atoms with E-state index >= 15 is 0 Å². The van der Waals surface area contributed by atoms with Gasteiger partial charge < -0.3 is 4.90 Å². The minimum atomic E-state index is -0.604. The van der Waals surface area contributed by atoms with Crippen LogP contribution in [0.25, 0.3) is 0 Å². The molecule has 2 heterocycles. The topological polar surface area (TPSA) is 32.3 Å². The highest BCUT2D eigenvalue weighted by Crippen LogP contribution is 2.32. The number of thioether (sulfide) groups is 1. The molecule has 1 atom stereocenters. The van der Waals surface area contributed by atoms with Crippen molar-refractivity contribution in [3.05, 3.63) is 35.4 Å². The summed E-state index contributed by atoms with van der Waals surface area (Å²) in [6.07, 6.45) is 1.38. The van der Waals surface area contributed by atoms with Gasteiger partial charge in [-0.15, -0.1) is 0 Å². The molecule has 2 saturated heterocycles. The molecule has 1 amide bonds. The number of amides is 1. The molecule has 20 heavy (non-hydrogen) atoms. The average molecular weight is 298 g/mol. The fourth-order valence-corrected chi connectivity index (χ4v) is 3.96. The quantitative estimate of drug-likeness (QED) is 0.909. The number of hydrogen-bond acceptors (Lipinski definition) is 3. The number of carbonyl (C=O) groups excluding carboxylic acids is 1. The number of hydrogen-bond donors (Lipinski definition) is 1. The summed E-state index contributed by atoms with van der Waals surface area (Å²) in [7, 11) is 0. The van der Waals surface area contributed by atoms with Crippen molar-refractivity contribution < 1.29 is 13.6 Å². The van der Waals surface area contributed by atoms with Crippen molar-refractivity contribution in [3.63, 3.8) is 0 Å². The number of nitrogens with zero attached hydrogens (tertiary/aromatic N) is 1. The number of halogens is 2. The lowest BCUT2D eigenvalue weighted by Gasteiger charge is -2.35. The van der Waals surface area contributed by atoms with Crippen LogP contribution in [0.3, 0.4) is 0 Å². The molecule has 0 bridgehead atoms. The summed E-state index contributed by atoms with van der Waals surface area (Å²) in [6.45, 7) is 0.213. The van der Waals surface area contributed by atoms with Crippen molar-refractivity contribution in [2.24, 2.45) is 0 Å². The van der Waals surface area contributed by atoms with Crippen molar-refractivity contribution in [2.75, 3.05) is 18.1 Å². The lowest BCUT2D eigenvalue weighted by molar-refractivity contribution is -0.130. The van der Waals surface area contributed by atoms with Gasteiger partial charge in [-0.3, -0.25) is 10.1 Å². The number of benzene rings is 1. The molecule has 1 N–H and O–H groups in total. The lowest BCUT2D eigenvalue weighted by atomic mass is 10.1. The van der Waals surface area contributed by atoms with Gasteiger partial charge in [0, 0.05) is 17.7 Å². The molecule has 0 aliphatic carbocycles. The molecule has 1 aromatic rings. The molecule has 2 aliphatic heterocycles. The third kappa shape index (κ3) is 2.54. The van der Waals surface area contributed by atoms with E-state index in [1.54, 1.807) is 4.90 Å². The van der Waals surface area contributed by atoms with Crippen LogP contribution in [0.1, 0.15) is 24.6 Å². The van der Waals surface area contributed by atoms with E-state index in [0.29, 0.717) is 5.56 Å². The Morgan fingerprint density at radius 1 is 1.25 bits per heavy atom. The van der Waals surface area contributed by atoms with E-state index in [1.165, 1.54) is 12.1 Å². The van der Waals surface area contributed by atoms with Crippen LogP contribution in [0.4, 0.5) is 8.78 Å². The van der Waals surface area contributed by atoms with Gasteiger partial charge in [0.05, 0.1) is 6.54 Å². The largest absolute Gasteiger partial charge is 0.319 e. The van der Waals surface area contributed by atoms with Crippen LogP contribution in [0.5, 0.6) is 0 Å². The third-order valence-corrected chi connectivity index (χ3v) is 4.90. The molecule has 3 nitrogen and oxygen atoms in total. The summed E-state index contributed by atoms with van der Waals surface area (Å²) in [5, 5.41) is 3.04. The summed E-state index contributed by atoms with van der Waals surface area (Å²) in [4.78, 5) is 13.8. The van der Waals surface area contributed by atoms with Crippen LogP contribution in [0.15, 0.2) is 18.2 Å². The van der Waals surface area contributed by atoms with Crippen molar-refractivity contribution in [1.82, 2.24) is 10.2 Å². The van der Waals surface area contributed by atoms with E-state index in [0.717, 1.165) is 30.4 Å². The Morgan fingerprint density at radius 3 is 2.70 bits per heavy atom. The van der Waals surface area contributed by atoms with Crippen molar-refractivity contribution in [1.29, 1.82) is 0 Å². The van der Waals surface area contributed by atoms with Gasteiger partial charge in [0.2, 0.25) is 5.91 Å². The van der Waals surface area contributed by atoms with Crippen molar-refractivity contribution in [3.8, 4) is 0 Å². The zero-order valence-electron chi connectivity index (χ0n) is 10.9. The van der Waals surface area contributed by atoms with Gasteiger partial charge in [-0.25, -0.2) is 8.78 Å². The van der Waals surface area contributed by atoms with E-state index in [-0.39, 0.29) is 18.5 Å². The SMILES string of the molecule is O=C1CNC(c2ccc(F)cc2F)N1C1CCSCC1. The van der Waals surface area contributed by atoms with Crippen LogP contribution >= 0.6 is 11.8 Å². The monoisotopic (exact) mass is 298 g/mol. The van der Waals surface area contributed by atoms with E-state index in [9.17, 15) is 13.6 Å². The van der Waals surface area contributed by atoms with E-state index in [4.69, 9.17) is 0 Å². The van der Waals surface area contributed by atoms with E-state index in [2.05, 4.69) is 5.32 Å². The predicted octanol–water partition coefficient (Wildman–Crippen LogP) is 2.29. The van der Waals surface area contributed by atoms with Crippen LogP contribution in [-0.4, -0.2) is 34.9 Å². The summed E-state index contributed by atoms with van der Waals surface area (Å²) >= 11 is 1.88. The lowest BCUT2D eigenvalue weighted by Crippen LogP contribution is -2.41. The third-order valence-electron chi connectivity index (χ3n) is 3.85. The molecule has 1 aromatic carbocycles. The summed E-state index contributed by atoms with van der Waals surface area (Å²) < 4.78 is 27.0. The molecule has 108 valence electrons. The number of rotatable bonds is 2. The maximum Gasteiger partial charge on any atom is 0.238 e. The van der Waals surface area contributed by atoms with E-state index in [1.807, 2.05) is 11.8 Å². The van der Waals surface area contributed by atoms with E-state index < -0.39 is 17.8 Å². The zero-order valence-corrected chi connectivity index (χ0v) is 11.8. The molecule has 0 aromatic heterocycles. The summed E-state index contributed by atoms with van der Waals surface area (Å²) in [5.41, 5.74) is 0.343. The van der Waals surface area contributed by atoms with Crippen LogP contribution < -0.4 is 5.32 Å². The Bertz CT molecular complexity index is 520. The van der Waals surface area contributed by atoms with Crippen LogP contribution in [0.2, 0.25) is 0 Å². The first-order valence-corrected chi connectivity index (χ1v) is 7.89. The Hall–Kier alpha value is -1.14. The highest BCUT2D eigenvalue weighted by atomic mass is 32.2. The molecule has 0 radical (unpaired) electrons. The molecule has 1 unspecified atom stereocenters. The Balaban J connectivity index is 1.88. The molecule has 0 saturated carbocycles. The Labute approximate surface area is 120 Å². The van der Waals surface area contributed by atoms with Crippen molar-refractivity contribution >= 4 is 17.7 Å². The average Bonchev–Trinajstić information content (AvgIpc) is 2.81. The highest BCUT2D eigenvalue weighted by Gasteiger charge is 2.38. The maximum atomic E-state index is 13.9. The first kappa shape index (κ1) is 13.8. The van der Waals surface area contributed by atoms with Gasteiger partial charge >= 0.3 is 0 Å². The second kappa shape index (κ2) is 5.69. The Morgan fingerprint density at radius 2 is 2.00 bits per heavy atom. The molecule has 6 heteroatoms. The first-order valence-electron chi connectivity index (χ1n) is 6.74. The minimum absolute atomic E-state index is 0.00405. The molecule has 2 fully saturated rings. The fourth-order valence-electron chi connectivity index (χ4n) is 2.88. The second-order valence-electron chi connectivity index (χ2n) is 5.09. The van der Waals surface area contributed by atoms with Gasteiger partial charge in [0.1, 0.15) is 17.8 Å². The normalized spacial score (nSPS) is 24.4. The summed E-state index contributed by atoms with van der Waals surface area (Å²) in [5.74, 6) is 0.833. The smallest absolute Gasteiger partial charge is 0.238 e. The van der Waals surface area contributed by atoms with Gasteiger partial charge in [0.25, 0.3) is 0 Å². The highest BCUT2D eigenvalue weighted by molar-refractivity contribution is 7.99. The molecule has 0 spiro atoms. The molecular weight excluding hydrogens is 282 g/mol. The van der Waals surface area contributed by atoms with Crippen LogP contribution in [0, 0.1) is 11.6 Å². The standard InChI is InChI=1S/C14H16F2N2OS/c15-9-1-2-11(12(16)7-9)14-17-8-13(19)18(14)10-3-5-20-6-4-10/h1-2,7,10,14,17H,3-6,8H2. The fraction of sp³-hybridized carbons (Fsp3) is 0.500. The first-order chi connectivity index (χ1) is 9.66. The molecular formula is C14H16F2N2OS. The van der Waals surface area contributed by atoms with Crippen molar-refractivity contribution in [2.45, 2.75) is 25.0 Å². The van der Waals surface area contributed by atoms with Gasteiger partial charge in [-0.2, -0.15) is 11.8 Å². The summed E-state index contributed by atoms with van der Waals surface area (Å²) in [6, 6.07) is 3.67. The maximum absolute atomic E-state index is 13.9. The second-order valence-corrected chi connectivity index (χ2v) is 6.32. The zero-order chi connectivity index (χ0) is 14.1. The van der Waals surface area contributed by atoms with Gasteiger partial charge in [-0.1, -0.05) is 0 Å². The van der Waals surface area contributed by atoms with Crippen LogP contribution in [-0.2, 0) is 4.79 Å². The molecule has 2 aliphatic rings. The number of nitrogens with one attached hydrogen (secondary N) is 1. The number of carbonyl (C=O) groups is 1. The Kier molecular flexibility index (Phi) is 3.94. The van der Waals surface area contributed by atoms with Gasteiger partial charge in [-0.05, 0) is 36.5 Å².